The highest BCUT2D eigenvalue weighted by atomic mass is 32.2. The standard InChI is InChI=1S/C22H23N3O4S2/c1-4-16-7-9-17(10-8-16)24-20(26)13-30-22-23-12-19(21(27)25-22)31(28,29)18-11-14(2)5-6-15(18)3/h5-12H,4,13H2,1-3H3,(H,24,26)(H,23,25,27). The Morgan fingerprint density at radius 1 is 1.10 bits per heavy atom. The van der Waals surface area contributed by atoms with Gasteiger partial charge >= 0.3 is 0 Å². The second kappa shape index (κ2) is 9.49. The zero-order valence-corrected chi connectivity index (χ0v) is 19.1. The average Bonchev–Trinajstić information content (AvgIpc) is 2.74. The van der Waals surface area contributed by atoms with E-state index in [-0.39, 0.29) is 21.7 Å². The molecule has 0 radical (unpaired) electrons. The minimum Gasteiger partial charge on any atom is -0.325 e. The van der Waals surface area contributed by atoms with Gasteiger partial charge in [-0.3, -0.25) is 9.59 Å². The van der Waals surface area contributed by atoms with Crippen molar-refractivity contribution >= 4 is 33.2 Å². The van der Waals surface area contributed by atoms with Gasteiger partial charge in [0.15, 0.2) is 10.1 Å². The SMILES string of the molecule is CCc1ccc(NC(=O)CSc2ncc(S(=O)(=O)c3cc(C)ccc3C)c(=O)[nH]2)cc1. The molecular weight excluding hydrogens is 434 g/mol. The Balaban J connectivity index is 1.71. The van der Waals surface area contributed by atoms with Crippen molar-refractivity contribution in [2.75, 3.05) is 11.1 Å². The Kier molecular flexibility index (Phi) is 6.97. The maximum absolute atomic E-state index is 12.9. The van der Waals surface area contributed by atoms with Crippen LogP contribution in [0.15, 0.2) is 68.4 Å². The topological polar surface area (TPSA) is 109 Å². The molecule has 0 bridgehead atoms. The van der Waals surface area contributed by atoms with E-state index in [1.807, 2.05) is 24.3 Å². The summed E-state index contributed by atoms with van der Waals surface area (Å²) >= 11 is 1.02. The van der Waals surface area contributed by atoms with E-state index in [0.717, 1.165) is 29.9 Å². The number of amides is 1. The Labute approximate surface area is 185 Å². The largest absolute Gasteiger partial charge is 0.325 e. The molecule has 0 aliphatic heterocycles. The van der Waals surface area contributed by atoms with Crippen LogP contribution in [0.25, 0.3) is 0 Å². The fraction of sp³-hybridized carbons (Fsp3) is 0.227. The summed E-state index contributed by atoms with van der Waals surface area (Å²) in [6.07, 6.45) is 1.96. The van der Waals surface area contributed by atoms with Crippen LogP contribution in [0, 0.1) is 13.8 Å². The lowest BCUT2D eigenvalue weighted by Gasteiger charge is -2.09. The Bertz CT molecular complexity index is 1270. The van der Waals surface area contributed by atoms with Gasteiger partial charge in [-0.15, -0.1) is 0 Å². The van der Waals surface area contributed by atoms with E-state index >= 15 is 0 Å². The van der Waals surface area contributed by atoms with Crippen LogP contribution >= 0.6 is 11.8 Å². The highest BCUT2D eigenvalue weighted by molar-refractivity contribution is 7.99. The van der Waals surface area contributed by atoms with Gasteiger partial charge in [-0.25, -0.2) is 13.4 Å². The predicted molar refractivity (Wildman–Crippen MR) is 121 cm³/mol. The van der Waals surface area contributed by atoms with Gasteiger partial charge in [0.05, 0.1) is 16.8 Å². The normalized spacial score (nSPS) is 11.3. The van der Waals surface area contributed by atoms with Gasteiger partial charge in [0.2, 0.25) is 15.7 Å². The first-order chi connectivity index (χ1) is 14.7. The van der Waals surface area contributed by atoms with Crippen LogP contribution in [0.2, 0.25) is 0 Å². The minimum absolute atomic E-state index is 0.0154. The first kappa shape index (κ1) is 22.8. The third kappa shape index (κ3) is 5.42. The van der Waals surface area contributed by atoms with Crippen LogP contribution in [0.1, 0.15) is 23.6 Å². The third-order valence-corrected chi connectivity index (χ3v) is 7.43. The number of H-pyrrole nitrogens is 1. The van der Waals surface area contributed by atoms with Crippen molar-refractivity contribution in [2.24, 2.45) is 0 Å². The average molecular weight is 458 g/mol. The molecule has 0 aliphatic carbocycles. The van der Waals surface area contributed by atoms with Gasteiger partial charge in [-0.1, -0.05) is 43.0 Å². The molecule has 0 aliphatic rings. The van der Waals surface area contributed by atoms with E-state index in [1.54, 1.807) is 26.0 Å². The molecule has 1 aromatic heterocycles. The van der Waals surface area contributed by atoms with E-state index in [4.69, 9.17) is 0 Å². The highest BCUT2D eigenvalue weighted by Crippen LogP contribution is 2.23. The lowest BCUT2D eigenvalue weighted by Crippen LogP contribution is -2.20. The second-order valence-corrected chi connectivity index (χ2v) is 9.89. The number of rotatable bonds is 7. The summed E-state index contributed by atoms with van der Waals surface area (Å²) < 4.78 is 25.8. The van der Waals surface area contributed by atoms with E-state index in [1.165, 1.54) is 11.6 Å². The minimum atomic E-state index is -4.01. The summed E-state index contributed by atoms with van der Waals surface area (Å²) in [7, 11) is -4.01. The number of nitrogens with one attached hydrogen (secondary N) is 2. The number of carbonyl (C=O) groups excluding carboxylic acids is 1. The van der Waals surface area contributed by atoms with Crippen molar-refractivity contribution in [1.82, 2.24) is 9.97 Å². The highest BCUT2D eigenvalue weighted by Gasteiger charge is 2.24. The number of aromatic amines is 1. The fourth-order valence-electron chi connectivity index (χ4n) is 2.90. The van der Waals surface area contributed by atoms with Crippen LogP contribution in [-0.2, 0) is 21.1 Å². The molecule has 3 aromatic rings. The van der Waals surface area contributed by atoms with E-state index in [0.29, 0.717) is 11.3 Å². The lowest BCUT2D eigenvalue weighted by molar-refractivity contribution is -0.113. The van der Waals surface area contributed by atoms with Crippen LogP contribution in [0.3, 0.4) is 0 Å². The molecule has 0 saturated heterocycles. The molecule has 1 heterocycles. The van der Waals surface area contributed by atoms with Crippen molar-refractivity contribution in [2.45, 2.75) is 42.1 Å². The summed E-state index contributed by atoms with van der Waals surface area (Å²) in [5.41, 5.74) is 2.40. The molecule has 0 unspecified atom stereocenters. The zero-order chi connectivity index (χ0) is 22.6. The van der Waals surface area contributed by atoms with Gasteiger partial charge in [0, 0.05) is 5.69 Å². The molecule has 31 heavy (non-hydrogen) atoms. The summed E-state index contributed by atoms with van der Waals surface area (Å²) in [5.74, 6) is -0.245. The lowest BCUT2D eigenvalue weighted by atomic mass is 10.1. The van der Waals surface area contributed by atoms with Crippen LogP contribution in [0.5, 0.6) is 0 Å². The summed E-state index contributed by atoms with van der Waals surface area (Å²) in [6.45, 7) is 5.51. The number of hydrogen-bond acceptors (Lipinski definition) is 6. The number of sulfone groups is 1. The second-order valence-electron chi connectivity index (χ2n) is 7.04. The molecule has 162 valence electrons. The molecular formula is C22H23N3O4S2. The Morgan fingerprint density at radius 3 is 2.45 bits per heavy atom. The molecule has 3 rings (SSSR count). The number of aromatic nitrogens is 2. The quantitative estimate of drug-likeness (QED) is 0.415. The maximum atomic E-state index is 12.9. The summed E-state index contributed by atoms with van der Waals surface area (Å²) in [4.78, 5) is 30.8. The number of aryl methyl sites for hydroxylation is 3. The molecule has 0 spiro atoms. The number of thioether (sulfide) groups is 1. The predicted octanol–water partition coefficient (Wildman–Crippen LogP) is 3.51. The molecule has 9 heteroatoms. The van der Waals surface area contributed by atoms with Gasteiger partial charge in [0.1, 0.15) is 0 Å². The van der Waals surface area contributed by atoms with Crippen molar-refractivity contribution in [3.8, 4) is 0 Å². The zero-order valence-electron chi connectivity index (χ0n) is 17.4. The van der Waals surface area contributed by atoms with Crippen molar-refractivity contribution in [3.05, 3.63) is 75.7 Å². The van der Waals surface area contributed by atoms with Gasteiger partial charge in [-0.2, -0.15) is 0 Å². The Morgan fingerprint density at radius 2 is 1.81 bits per heavy atom. The summed E-state index contributed by atoms with van der Waals surface area (Å²) in [6, 6.07) is 12.6. The molecule has 2 aromatic carbocycles. The van der Waals surface area contributed by atoms with Crippen LogP contribution in [-0.4, -0.2) is 30.0 Å². The number of hydrogen-bond donors (Lipinski definition) is 2. The van der Waals surface area contributed by atoms with E-state index in [9.17, 15) is 18.0 Å². The molecule has 0 saturated carbocycles. The van der Waals surface area contributed by atoms with Gasteiger partial charge in [-0.05, 0) is 55.2 Å². The van der Waals surface area contributed by atoms with Gasteiger partial charge < -0.3 is 10.3 Å². The number of nitrogens with zero attached hydrogens (tertiary/aromatic N) is 1. The Hall–Kier alpha value is -2.91. The molecule has 7 nitrogen and oxygen atoms in total. The molecule has 2 N–H and O–H groups in total. The number of anilines is 1. The fourth-order valence-corrected chi connectivity index (χ4v) is 5.09. The first-order valence-electron chi connectivity index (χ1n) is 9.64. The maximum Gasteiger partial charge on any atom is 0.270 e. The number of carbonyl (C=O) groups is 1. The smallest absolute Gasteiger partial charge is 0.270 e. The molecule has 0 atom stereocenters. The van der Waals surface area contributed by atoms with Crippen LogP contribution < -0.4 is 10.9 Å². The van der Waals surface area contributed by atoms with Crippen molar-refractivity contribution < 1.29 is 13.2 Å². The molecule has 1 amide bonds. The summed E-state index contributed by atoms with van der Waals surface area (Å²) in [5, 5.41) is 2.94. The number of benzene rings is 2. The molecule has 0 fully saturated rings. The van der Waals surface area contributed by atoms with E-state index < -0.39 is 20.3 Å². The van der Waals surface area contributed by atoms with Gasteiger partial charge in [0.25, 0.3) is 5.56 Å². The van der Waals surface area contributed by atoms with Crippen LogP contribution in [0.4, 0.5) is 5.69 Å². The third-order valence-electron chi connectivity index (χ3n) is 4.65. The van der Waals surface area contributed by atoms with E-state index in [2.05, 4.69) is 22.2 Å². The van der Waals surface area contributed by atoms with Crippen molar-refractivity contribution in [3.63, 3.8) is 0 Å². The van der Waals surface area contributed by atoms with Crippen molar-refractivity contribution in [1.29, 1.82) is 0 Å². The first-order valence-corrected chi connectivity index (χ1v) is 12.1. The monoisotopic (exact) mass is 457 g/mol.